The molecule has 10 rings (SSSR count). The monoisotopic (exact) mass is 1140 g/mol. The van der Waals surface area contributed by atoms with Crippen LogP contribution in [-0.4, -0.2) is 91.7 Å². The number of halogens is 1. The molecule has 0 aromatic carbocycles. The summed E-state index contributed by atoms with van der Waals surface area (Å²) in [7, 11) is 3.41. The molecule has 2 heterocycles. The topological polar surface area (TPSA) is 189 Å². The third kappa shape index (κ3) is 14.1. The molecule has 0 saturated heterocycles. The van der Waals surface area contributed by atoms with E-state index in [2.05, 4.69) is 63.5 Å². The number of carbonyl (C=O) groups is 3. The molecule has 16 heteroatoms. The molecule has 13 nitrogen and oxygen atoms in total. The normalized spacial score (nSPS) is 40.3. The number of nitrogens with zero attached hydrogens (tertiary/aromatic N) is 3. The largest absolute Gasteiger partial charge is 1.00 e. The zero-order valence-electron chi connectivity index (χ0n) is 46.2. The second-order valence-corrected chi connectivity index (χ2v) is 25.0. The second-order valence-electron chi connectivity index (χ2n) is 24.4. The summed E-state index contributed by atoms with van der Waals surface area (Å²) in [5, 5.41) is 31.0. The van der Waals surface area contributed by atoms with Crippen molar-refractivity contribution in [1.82, 2.24) is 19.5 Å². The fourth-order valence-electron chi connectivity index (χ4n) is 17.8. The minimum Gasteiger partial charge on any atom is -1.00 e. The van der Waals surface area contributed by atoms with Crippen LogP contribution in [0.25, 0.3) is 0 Å². The Morgan fingerprint density at radius 3 is 1.52 bits per heavy atom. The maximum Gasteiger partial charge on any atom is 1.00 e. The Hall–Kier alpha value is 0.783. The Labute approximate surface area is 534 Å². The van der Waals surface area contributed by atoms with Crippen molar-refractivity contribution >= 4 is 34.0 Å². The van der Waals surface area contributed by atoms with E-state index in [9.17, 15) is 19.8 Å². The molecule has 0 aliphatic heterocycles. The zero-order chi connectivity index (χ0) is 50.0. The molecular weight excluding hydrogens is 1040 g/mol. The summed E-state index contributed by atoms with van der Waals surface area (Å²) in [6, 6.07) is 0. The minimum atomic E-state index is -0.634. The first-order valence-electron chi connectivity index (χ1n) is 26.5. The van der Waals surface area contributed by atoms with Gasteiger partial charge in [0.1, 0.15) is 17.4 Å². The second kappa shape index (κ2) is 28.5. The van der Waals surface area contributed by atoms with Gasteiger partial charge in [-0.25, -0.2) is 9.97 Å². The Morgan fingerprint density at radius 2 is 1.16 bits per heavy atom. The Kier molecular flexibility index (Phi) is 26.5. The van der Waals surface area contributed by atoms with E-state index in [1.807, 2.05) is 24.6 Å². The number of aliphatic hydroxyl groups is 2. The average Bonchev–Trinajstić information content (AvgIpc) is 4.13. The van der Waals surface area contributed by atoms with Crippen molar-refractivity contribution in [2.75, 3.05) is 32.8 Å². The maximum atomic E-state index is 13.4. The van der Waals surface area contributed by atoms with Crippen LogP contribution in [0.15, 0.2) is 24.8 Å². The molecule has 3 N–H and O–H groups in total. The summed E-state index contributed by atoms with van der Waals surface area (Å²) in [6.45, 7) is 15.1. The average molecular weight is 1140 g/mol. The van der Waals surface area contributed by atoms with Crippen LogP contribution in [0.1, 0.15) is 171 Å². The van der Waals surface area contributed by atoms with E-state index in [4.69, 9.17) is 19.5 Å². The van der Waals surface area contributed by atoms with E-state index in [0.29, 0.717) is 65.2 Å². The van der Waals surface area contributed by atoms with Crippen LogP contribution in [0.3, 0.4) is 0 Å². The number of aromatic nitrogens is 4. The summed E-state index contributed by atoms with van der Waals surface area (Å²) in [5.41, 5.74) is -0.176. The van der Waals surface area contributed by atoms with Crippen LogP contribution in [-0.2, 0) is 35.3 Å². The molecule has 2 aromatic heterocycles. The molecule has 0 spiro atoms. The molecule has 406 valence electrons. The molecular formula is C57H95BrK2N4O9. The predicted octanol–water partition coefficient (Wildman–Crippen LogP) is 4.33. The van der Waals surface area contributed by atoms with Crippen molar-refractivity contribution in [2.45, 2.75) is 190 Å². The molecule has 8 aliphatic carbocycles. The minimum absolute atomic E-state index is 0. The number of imidazole rings is 2. The molecule has 73 heavy (non-hydrogen) atoms. The molecule has 0 radical (unpaired) electrons. The number of ketones is 2. The molecule has 8 saturated carbocycles. The van der Waals surface area contributed by atoms with Crippen molar-refractivity contribution in [2.24, 2.45) is 80.8 Å². The van der Waals surface area contributed by atoms with Crippen LogP contribution >= 0.6 is 15.9 Å². The quantitative estimate of drug-likeness (QED) is 0.101. The first kappa shape index (κ1) is 68.1. The number of methoxy groups -OCH3 is 2. The van der Waals surface area contributed by atoms with Crippen molar-refractivity contribution in [1.29, 1.82) is 0 Å². The molecule has 16 atom stereocenters. The first-order chi connectivity index (χ1) is 32.8. The van der Waals surface area contributed by atoms with Gasteiger partial charge in [0.05, 0.1) is 36.3 Å². The fourth-order valence-corrected chi connectivity index (χ4v) is 18.2. The summed E-state index contributed by atoms with van der Waals surface area (Å²) >= 11 is 3.43. The van der Waals surface area contributed by atoms with Gasteiger partial charge < -0.3 is 40.8 Å². The first-order valence-corrected chi connectivity index (χ1v) is 27.6. The van der Waals surface area contributed by atoms with Gasteiger partial charge in [0, 0.05) is 50.8 Å². The molecule has 8 fully saturated rings. The molecule has 8 aliphatic rings. The van der Waals surface area contributed by atoms with E-state index in [0.717, 1.165) is 92.6 Å². The van der Waals surface area contributed by atoms with E-state index >= 15 is 0 Å². The predicted molar refractivity (Wildman–Crippen MR) is 280 cm³/mol. The number of nitrogens with one attached hydrogen (secondary N) is 1. The van der Waals surface area contributed by atoms with Crippen LogP contribution in [0, 0.1) is 94.7 Å². The number of Topliss-reactive ketones (excluding diaryl/α,β-unsaturated/α-hetero) is 2. The third-order valence-electron chi connectivity index (χ3n) is 21.3. The summed E-state index contributed by atoms with van der Waals surface area (Å²) in [5.74, 6) is 8.89. The van der Waals surface area contributed by atoms with Crippen molar-refractivity contribution in [3.63, 3.8) is 0 Å². The van der Waals surface area contributed by atoms with Crippen molar-refractivity contribution in [3.05, 3.63) is 36.4 Å². The van der Waals surface area contributed by atoms with Gasteiger partial charge in [0.2, 0.25) is 0 Å². The number of hydrogen-bond acceptors (Lipinski definition) is 11. The van der Waals surface area contributed by atoms with E-state index in [1.54, 1.807) is 32.8 Å². The van der Waals surface area contributed by atoms with E-state index < -0.39 is 11.2 Å². The van der Waals surface area contributed by atoms with Gasteiger partial charge in [0.25, 0.3) is 6.47 Å². The smallest absolute Gasteiger partial charge is 1.00 e. The van der Waals surface area contributed by atoms with Gasteiger partial charge in [0.15, 0.2) is 5.78 Å². The zero-order valence-corrected chi connectivity index (χ0v) is 53.0. The van der Waals surface area contributed by atoms with Gasteiger partial charge >= 0.3 is 103 Å². The molecule has 0 unspecified atom stereocenters. The number of rotatable bonds is 10. The third-order valence-corrected chi connectivity index (χ3v) is 21.9. The molecule has 0 amide bonds. The molecule has 0 bridgehead atoms. The van der Waals surface area contributed by atoms with E-state index in [-0.39, 0.29) is 148 Å². The van der Waals surface area contributed by atoms with Gasteiger partial charge in [-0.15, -0.1) is 0 Å². The number of fused-ring (bicyclic) bond motifs is 10. The number of H-pyrrole nitrogens is 1. The van der Waals surface area contributed by atoms with Crippen molar-refractivity contribution < 1.29 is 148 Å². The number of ether oxygens (including phenoxy) is 2. The fraction of sp³-hybridized carbons (Fsp3) is 0.842. The van der Waals surface area contributed by atoms with Crippen LogP contribution in [0.5, 0.6) is 0 Å². The van der Waals surface area contributed by atoms with Crippen molar-refractivity contribution in [3.8, 4) is 0 Å². The summed E-state index contributed by atoms with van der Waals surface area (Å²) in [4.78, 5) is 48.3. The van der Waals surface area contributed by atoms with E-state index in [1.165, 1.54) is 64.2 Å². The molecule has 2 aromatic rings. The Morgan fingerprint density at radius 1 is 0.712 bits per heavy atom. The summed E-state index contributed by atoms with van der Waals surface area (Å²) < 4.78 is 12.7. The van der Waals surface area contributed by atoms with Gasteiger partial charge in [-0.3, -0.25) is 14.4 Å². The number of aromatic amines is 1. The number of aryl methyl sites for hydroxylation is 2. The van der Waals surface area contributed by atoms with Gasteiger partial charge in [-0.1, -0.05) is 58.5 Å². The number of hydrogen-bond donors (Lipinski definition) is 3. The Bertz CT molecular complexity index is 2060. The van der Waals surface area contributed by atoms with Gasteiger partial charge in [-0.05, 0) is 198 Å². The van der Waals surface area contributed by atoms with Crippen LogP contribution in [0.2, 0.25) is 0 Å². The Balaban J connectivity index is 0.000000407. The number of alkyl halides is 1. The standard InChI is InChI=1S/C27H42N2O3.C23H37BrO3.C4H6N2.CH2O3.2CH4.2K.H/c1-18-28-13-14-29(18)16-24(30)23-8-7-21-20-6-5-19-15-27(31,17-32-4)12-11-25(19,2)22(20)9-10-26(21,23)3;1-21-10-11-23(26,14-27-3)12-15(21)4-5-16-17-6-7-19(20(25)13-24)22(17,2)9-8-18(16)21;1-4-5-2-3-6-4;2-1-4-3;;;;;/h13-14,19-23,31H,5-12,15-17H2,1-4H3;15-19,26H,4-14H2,1-3H3;2-3H,1H3,(H,5,6);1,3H;2*1H4;;;/q;;;;;;2*+1;-1/p-1/t19-,20-,21-,22-,23+,25-,26-,27+;15-,16-,17-,18-,19+,21-,22-,23+;;;;;;;/m00......./s1. The van der Waals surface area contributed by atoms with Crippen LogP contribution in [0.4, 0.5) is 0 Å². The SMILES string of the molecule is C.C.COC[C@@]1(O)CC[C@@]2(C)[C@@H](CC[C@@H]3[C@@H]2CC[C@]2(C)[C@@H](C(=O)CBr)CC[C@@H]32)C1.COC[C@@]1(O)CC[C@@]2(C)[C@@H](CC[C@@H]3[C@@H]2CC[C@]2(C)[C@@H](C(=O)Cn4ccnc4C)CC[C@@H]32)C1.Cc1ncc[nH]1.O=CO[O-].[H-].[K+].[K+]. The maximum absolute atomic E-state index is 13.4. The number of carbonyl (C=O) groups excluding carboxylic acids is 3. The van der Waals surface area contributed by atoms with Crippen LogP contribution < -0.4 is 108 Å². The summed E-state index contributed by atoms with van der Waals surface area (Å²) in [6.07, 6.45) is 27.6. The van der Waals surface area contributed by atoms with Gasteiger partial charge in [-0.2, -0.15) is 0 Å².